The lowest BCUT2D eigenvalue weighted by atomic mass is 10.1. The Morgan fingerprint density at radius 2 is 2.08 bits per heavy atom. The lowest BCUT2D eigenvalue weighted by Gasteiger charge is -2.14. The number of benzene rings is 1. The third-order valence-electron chi connectivity index (χ3n) is 3.85. The lowest BCUT2D eigenvalue weighted by Crippen LogP contribution is -2.21. The summed E-state index contributed by atoms with van der Waals surface area (Å²) in [5.41, 5.74) is 0.648. The van der Waals surface area contributed by atoms with E-state index in [1.165, 1.54) is 6.07 Å². The summed E-state index contributed by atoms with van der Waals surface area (Å²) in [5, 5.41) is 11.1. The van der Waals surface area contributed by atoms with E-state index in [0.717, 1.165) is 31.6 Å². The minimum atomic E-state index is -0.532. The molecule has 1 aliphatic heterocycles. The number of ether oxygens (including phenoxy) is 1. The molecule has 0 saturated carbocycles. The SMILES string of the molecule is CC(C)OC(=O)c1cc(NC(=O)c2nnc3n2CCCC3)ccc1Cl. The molecule has 1 aliphatic rings. The van der Waals surface area contributed by atoms with Gasteiger partial charge in [-0.15, -0.1) is 10.2 Å². The number of hydrogen-bond donors (Lipinski definition) is 1. The number of aromatic nitrogens is 3. The Labute approximate surface area is 150 Å². The highest BCUT2D eigenvalue weighted by Gasteiger charge is 2.22. The highest BCUT2D eigenvalue weighted by Crippen LogP contribution is 2.23. The first-order chi connectivity index (χ1) is 12.0. The maximum Gasteiger partial charge on any atom is 0.339 e. The van der Waals surface area contributed by atoms with Crippen molar-refractivity contribution >= 4 is 29.2 Å². The number of carbonyl (C=O) groups excluding carboxylic acids is 2. The number of hydrogen-bond acceptors (Lipinski definition) is 5. The van der Waals surface area contributed by atoms with Crippen LogP contribution in [0.15, 0.2) is 18.2 Å². The lowest BCUT2D eigenvalue weighted by molar-refractivity contribution is 0.0378. The maximum absolute atomic E-state index is 12.5. The van der Waals surface area contributed by atoms with Gasteiger partial charge in [0.05, 0.1) is 16.7 Å². The number of esters is 1. The Bertz CT molecular complexity index is 816. The molecule has 25 heavy (non-hydrogen) atoms. The highest BCUT2D eigenvalue weighted by atomic mass is 35.5. The van der Waals surface area contributed by atoms with Crippen LogP contribution in [-0.2, 0) is 17.7 Å². The number of carbonyl (C=O) groups is 2. The molecule has 0 saturated heterocycles. The van der Waals surface area contributed by atoms with Gasteiger partial charge in [-0.25, -0.2) is 4.79 Å². The second kappa shape index (κ2) is 7.23. The van der Waals surface area contributed by atoms with Gasteiger partial charge in [0.25, 0.3) is 5.91 Å². The normalized spacial score (nSPS) is 13.4. The molecule has 0 radical (unpaired) electrons. The van der Waals surface area contributed by atoms with Crippen molar-refractivity contribution in [2.75, 3.05) is 5.32 Å². The van der Waals surface area contributed by atoms with Crippen LogP contribution in [0.25, 0.3) is 0 Å². The van der Waals surface area contributed by atoms with Gasteiger partial charge in [0.1, 0.15) is 5.82 Å². The van der Waals surface area contributed by atoms with Crippen LogP contribution in [0.5, 0.6) is 0 Å². The summed E-state index contributed by atoms with van der Waals surface area (Å²) in [6, 6.07) is 4.67. The van der Waals surface area contributed by atoms with Crippen LogP contribution in [-0.4, -0.2) is 32.7 Å². The van der Waals surface area contributed by atoms with Crippen LogP contribution in [0.3, 0.4) is 0 Å². The standard InChI is InChI=1S/C17H19ClN4O3/c1-10(2)25-17(24)12-9-11(6-7-13(12)18)19-16(23)15-21-20-14-5-3-4-8-22(14)15/h6-7,9-10H,3-5,8H2,1-2H3,(H,19,23). The molecular formula is C17H19ClN4O3. The zero-order valence-electron chi connectivity index (χ0n) is 14.1. The van der Waals surface area contributed by atoms with E-state index in [-0.39, 0.29) is 28.4 Å². The van der Waals surface area contributed by atoms with Crippen molar-refractivity contribution in [2.24, 2.45) is 0 Å². The Kier molecular flexibility index (Phi) is 5.03. The molecule has 0 unspecified atom stereocenters. The van der Waals surface area contributed by atoms with Crippen molar-refractivity contribution in [3.8, 4) is 0 Å². The van der Waals surface area contributed by atoms with Crippen LogP contribution < -0.4 is 5.32 Å². The molecule has 1 amide bonds. The zero-order chi connectivity index (χ0) is 18.0. The summed E-state index contributed by atoms with van der Waals surface area (Å²) >= 11 is 6.07. The van der Waals surface area contributed by atoms with Crippen molar-refractivity contribution in [3.63, 3.8) is 0 Å². The Morgan fingerprint density at radius 3 is 2.84 bits per heavy atom. The second-order valence-corrected chi connectivity index (χ2v) is 6.56. The van der Waals surface area contributed by atoms with Crippen LogP contribution in [0.4, 0.5) is 5.69 Å². The molecule has 0 bridgehead atoms. The first kappa shape index (κ1) is 17.4. The first-order valence-corrected chi connectivity index (χ1v) is 8.57. The molecule has 1 N–H and O–H groups in total. The molecule has 3 rings (SSSR count). The quantitative estimate of drug-likeness (QED) is 0.844. The topological polar surface area (TPSA) is 86.1 Å². The van der Waals surface area contributed by atoms with Gasteiger partial charge < -0.3 is 14.6 Å². The van der Waals surface area contributed by atoms with Crippen molar-refractivity contribution < 1.29 is 14.3 Å². The number of halogens is 1. The van der Waals surface area contributed by atoms with E-state index in [9.17, 15) is 9.59 Å². The van der Waals surface area contributed by atoms with Gasteiger partial charge in [0, 0.05) is 18.7 Å². The van der Waals surface area contributed by atoms with Gasteiger partial charge >= 0.3 is 5.97 Å². The summed E-state index contributed by atoms with van der Waals surface area (Å²) in [5.74, 6) is 0.201. The Balaban J connectivity index is 1.80. The maximum atomic E-state index is 12.5. The van der Waals surface area contributed by atoms with Crippen molar-refractivity contribution in [2.45, 2.75) is 45.8 Å². The fraction of sp³-hybridized carbons (Fsp3) is 0.412. The number of rotatable bonds is 4. The van der Waals surface area contributed by atoms with Gasteiger partial charge in [-0.05, 0) is 44.9 Å². The van der Waals surface area contributed by atoms with Crippen LogP contribution in [0, 0.1) is 0 Å². The summed E-state index contributed by atoms with van der Waals surface area (Å²) < 4.78 is 7.00. The monoisotopic (exact) mass is 362 g/mol. The summed E-state index contributed by atoms with van der Waals surface area (Å²) in [7, 11) is 0. The summed E-state index contributed by atoms with van der Waals surface area (Å²) in [6.45, 7) is 4.25. The summed E-state index contributed by atoms with van der Waals surface area (Å²) in [4.78, 5) is 24.6. The van der Waals surface area contributed by atoms with E-state index in [2.05, 4.69) is 15.5 Å². The molecule has 0 spiro atoms. The van der Waals surface area contributed by atoms with Gasteiger partial charge in [0.2, 0.25) is 5.82 Å². The Hall–Kier alpha value is -2.41. The van der Waals surface area contributed by atoms with E-state index in [1.54, 1.807) is 26.0 Å². The number of anilines is 1. The third kappa shape index (κ3) is 3.82. The number of fused-ring (bicyclic) bond motifs is 1. The summed E-state index contributed by atoms with van der Waals surface area (Å²) in [6.07, 6.45) is 2.62. The molecule has 0 aliphatic carbocycles. The van der Waals surface area contributed by atoms with E-state index in [4.69, 9.17) is 16.3 Å². The minimum Gasteiger partial charge on any atom is -0.459 e. The number of nitrogens with zero attached hydrogens (tertiary/aromatic N) is 3. The molecular weight excluding hydrogens is 344 g/mol. The molecule has 8 heteroatoms. The second-order valence-electron chi connectivity index (χ2n) is 6.15. The highest BCUT2D eigenvalue weighted by molar-refractivity contribution is 6.33. The molecule has 7 nitrogen and oxygen atoms in total. The van der Waals surface area contributed by atoms with E-state index >= 15 is 0 Å². The van der Waals surface area contributed by atoms with Crippen molar-refractivity contribution in [1.82, 2.24) is 14.8 Å². The van der Waals surface area contributed by atoms with Gasteiger partial charge in [-0.2, -0.15) is 0 Å². The van der Waals surface area contributed by atoms with Crippen LogP contribution in [0.2, 0.25) is 5.02 Å². The average molecular weight is 363 g/mol. The molecule has 0 atom stereocenters. The van der Waals surface area contributed by atoms with Crippen LogP contribution >= 0.6 is 11.6 Å². The van der Waals surface area contributed by atoms with Crippen LogP contribution in [0.1, 0.15) is 53.5 Å². The third-order valence-corrected chi connectivity index (χ3v) is 4.18. The van der Waals surface area contributed by atoms with E-state index in [0.29, 0.717) is 5.69 Å². The Morgan fingerprint density at radius 1 is 1.28 bits per heavy atom. The first-order valence-electron chi connectivity index (χ1n) is 8.19. The van der Waals surface area contributed by atoms with Crippen molar-refractivity contribution in [1.29, 1.82) is 0 Å². The van der Waals surface area contributed by atoms with Gasteiger partial charge in [-0.1, -0.05) is 11.6 Å². The predicted octanol–water partition coefficient (Wildman–Crippen LogP) is 3.09. The molecule has 1 aromatic heterocycles. The van der Waals surface area contributed by atoms with Gasteiger partial charge in [-0.3, -0.25) is 4.79 Å². The molecule has 2 aromatic rings. The number of nitrogens with one attached hydrogen (secondary N) is 1. The molecule has 2 heterocycles. The fourth-order valence-electron chi connectivity index (χ4n) is 2.70. The average Bonchev–Trinajstić information content (AvgIpc) is 3.00. The fourth-order valence-corrected chi connectivity index (χ4v) is 2.89. The smallest absolute Gasteiger partial charge is 0.339 e. The van der Waals surface area contributed by atoms with E-state index in [1.807, 2.05) is 4.57 Å². The minimum absolute atomic E-state index is 0.205. The number of aryl methyl sites for hydroxylation is 1. The van der Waals surface area contributed by atoms with Gasteiger partial charge in [0.15, 0.2) is 0 Å². The largest absolute Gasteiger partial charge is 0.459 e. The van der Waals surface area contributed by atoms with E-state index < -0.39 is 5.97 Å². The predicted molar refractivity (Wildman–Crippen MR) is 92.9 cm³/mol. The molecule has 1 aromatic carbocycles. The zero-order valence-corrected chi connectivity index (χ0v) is 14.8. The van der Waals surface area contributed by atoms with Crippen molar-refractivity contribution in [3.05, 3.63) is 40.4 Å². The molecule has 132 valence electrons. The number of amides is 1. The molecule has 0 fully saturated rings.